The Labute approximate surface area is 87.5 Å². The van der Waals surface area contributed by atoms with E-state index in [4.69, 9.17) is 5.11 Å². The van der Waals surface area contributed by atoms with Gasteiger partial charge in [-0.3, -0.25) is 0 Å². The zero-order chi connectivity index (χ0) is 10.4. The topological polar surface area (TPSA) is 35.5 Å². The SMILES string of the molecule is CCCN(CC1CC1)CC(CO)NC. The Morgan fingerprint density at radius 3 is 2.64 bits per heavy atom. The molecule has 1 saturated carbocycles. The Bertz CT molecular complexity index is 144. The molecule has 0 radical (unpaired) electrons. The van der Waals surface area contributed by atoms with Crippen molar-refractivity contribution in [2.24, 2.45) is 5.92 Å². The molecule has 84 valence electrons. The molecule has 0 aromatic heterocycles. The molecule has 1 atom stereocenters. The van der Waals surface area contributed by atoms with E-state index in [1.54, 1.807) is 0 Å². The number of hydrogen-bond donors (Lipinski definition) is 2. The number of likely N-dealkylation sites (N-methyl/N-ethyl adjacent to an activating group) is 1. The molecule has 1 rings (SSSR count). The molecule has 1 unspecified atom stereocenters. The first-order valence-electron chi connectivity index (χ1n) is 5.80. The summed E-state index contributed by atoms with van der Waals surface area (Å²) in [6.45, 7) is 5.83. The fourth-order valence-corrected chi connectivity index (χ4v) is 1.79. The Hall–Kier alpha value is -0.120. The van der Waals surface area contributed by atoms with Crippen LogP contribution in [0.25, 0.3) is 0 Å². The summed E-state index contributed by atoms with van der Waals surface area (Å²) in [6.07, 6.45) is 4.02. The van der Waals surface area contributed by atoms with Gasteiger partial charge in [0.25, 0.3) is 0 Å². The average Bonchev–Trinajstić information content (AvgIpc) is 2.98. The van der Waals surface area contributed by atoms with Gasteiger partial charge in [0.2, 0.25) is 0 Å². The van der Waals surface area contributed by atoms with Gasteiger partial charge >= 0.3 is 0 Å². The second kappa shape index (κ2) is 6.38. The lowest BCUT2D eigenvalue weighted by molar-refractivity contribution is 0.181. The van der Waals surface area contributed by atoms with Crippen LogP contribution in [0.1, 0.15) is 26.2 Å². The predicted octanol–water partition coefficient (Wildman–Crippen LogP) is 0.689. The number of aliphatic hydroxyl groups is 1. The second-order valence-electron chi connectivity index (χ2n) is 4.37. The van der Waals surface area contributed by atoms with Gasteiger partial charge in [-0.25, -0.2) is 0 Å². The molecule has 0 heterocycles. The maximum atomic E-state index is 9.10. The summed E-state index contributed by atoms with van der Waals surface area (Å²) in [5, 5.41) is 12.2. The Balaban J connectivity index is 2.24. The third kappa shape index (κ3) is 4.40. The number of nitrogens with zero attached hydrogens (tertiary/aromatic N) is 1. The molecule has 0 amide bonds. The third-order valence-electron chi connectivity index (χ3n) is 2.86. The van der Waals surface area contributed by atoms with E-state index in [2.05, 4.69) is 17.1 Å². The highest BCUT2D eigenvalue weighted by Gasteiger charge is 2.24. The quantitative estimate of drug-likeness (QED) is 0.605. The molecule has 0 spiro atoms. The van der Waals surface area contributed by atoms with Crippen molar-refractivity contribution in [3.63, 3.8) is 0 Å². The van der Waals surface area contributed by atoms with E-state index < -0.39 is 0 Å². The van der Waals surface area contributed by atoms with Gasteiger partial charge in [0, 0.05) is 19.1 Å². The lowest BCUT2D eigenvalue weighted by atomic mass is 10.2. The van der Waals surface area contributed by atoms with Crippen molar-refractivity contribution in [1.29, 1.82) is 0 Å². The summed E-state index contributed by atoms with van der Waals surface area (Å²) in [5.41, 5.74) is 0. The maximum absolute atomic E-state index is 9.10. The molecule has 0 bridgehead atoms. The molecular weight excluding hydrogens is 176 g/mol. The zero-order valence-electron chi connectivity index (χ0n) is 9.50. The molecule has 1 aliphatic rings. The van der Waals surface area contributed by atoms with Crippen LogP contribution in [-0.4, -0.2) is 49.3 Å². The fourth-order valence-electron chi connectivity index (χ4n) is 1.79. The molecule has 0 aromatic carbocycles. The summed E-state index contributed by atoms with van der Waals surface area (Å²) < 4.78 is 0. The summed E-state index contributed by atoms with van der Waals surface area (Å²) in [5.74, 6) is 0.942. The molecule has 1 fully saturated rings. The van der Waals surface area contributed by atoms with E-state index in [0.29, 0.717) is 0 Å². The molecular formula is C11H24N2O. The molecule has 3 heteroatoms. The molecule has 3 nitrogen and oxygen atoms in total. The van der Waals surface area contributed by atoms with E-state index in [1.807, 2.05) is 7.05 Å². The third-order valence-corrected chi connectivity index (χ3v) is 2.86. The van der Waals surface area contributed by atoms with Crippen LogP contribution in [0.15, 0.2) is 0 Å². The van der Waals surface area contributed by atoms with Crippen LogP contribution < -0.4 is 5.32 Å². The van der Waals surface area contributed by atoms with Crippen LogP contribution in [0.3, 0.4) is 0 Å². The van der Waals surface area contributed by atoms with Crippen molar-refractivity contribution in [3.8, 4) is 0 Å². The van der Waals surface area contributed by atoms with Crippen LogP contribution in [-0.2, 0) is 0 Å². The molecule has 0 saturated heterocycles. The maximum Gasteiger partial charge on any atom is 0.0597 e. The van der Waals surface area contributed by atoms with Crippen LogP contribution in [0.4, 0.5) is 0 Å². The number of aliphatic hydroxyl groups excluding tert-OH is 1. The van der Waals surface area contributed by atoms with E-state index >= 15 is 0 Å². The summed E-state index contributed by atoms with van der Waals surface area (Å²) in [7, 11) is 1.92. The van der Waals surface area contributed by atoms with Crippen molar-refractivity contribution < 1.29 is 5.11 Å². The van der Waals surface area contributed by atoms with Gasteiger partial charge in [-0.05, 0) is 38.8 Å². The summed E-state index contributed by atoms with van der Waals surface area (Å²) in [6, 6.07) is 0.236. The van der Waals surface area contributed by atoms with Gasteiger partial charge < -0.3 is 15.3 Å². The average molecular weight is 200 g/mol. The fraction of sp³-hybridized carbons (Fsp3) is 1.00. The van der Waals surface area contributed by atoms with Gasteiger partial charge in [-0.15, -0.1) is 0 Å². The molecule has 14 heavy (non-hydrogen) atoms. The van der Waals surface area contributed by atoms with Crippen LogP contribution in [0.5, 0.6) is 0 Å². The molecule has 0 aliphatic heterocycles. The number of hydrogen-bond acceptors (Lipinski definition) is 3. The van der Waals surface area contributed by atoms with Crippen LogP contribution in [0, 0.1) is 5.92 Å². The minimum Gasteiger partial charge on any atom is -0.395 e. The zero-order valence-corrected chi connectivity index (χ0v) is 9.50. The van der Waals surface area contributed by atoms with Gasteiger partial charge in [-0.1, -0.05) is 6.92 Å². The Morgan fingerprint density at radius 1 is 1.50 bits per heavy atom. The van der Waals surface area contributed by atoms with Crippen molar-refractivity contribution in [2.75, 3.05) is 33.3 Å². The lowest BCUT2D eigenvalue weighted by Gasteiger charge is -2.25. The summed E-state index contributed by atoms with van der Waals surface area (Å²) in [4.78, 5) is 2.48. The Morgan fingerprint density at radius 2 is 2.21 bits per heavy atom. The first kappa shape index (κ1) is 12.0. The molecule has 1 aliphatic carbocycles. The minimum absolute atomic E-state index is 0.236. The standard InChI is InChI=1S/C11H24N2O/c1-3-6-13(7-10-4-5-10)8-11(9-14)12-2/h10-12,14H,3-9H2,1-2H3. The first-order valence-corrected chi connectivity index (χ1v) is 5.80. The minimum atomic E-state index is 0.236. The van der Waals surface area contributed by atoms with E-state index in [9.17, 15) is 0 Å². The van der Waals surface area contributed by atoms with E-state index in [0.717, 1.165) is 19.0 Å². The summed E-state index contributed by atoms with van der Waals surface area (Å²) >= 11 is 0. The Kier molecular flexibility index (Phi) is 5.45. The predicted molar refractivity (Wildman–Crippen MR) is 59.4 cm³/mol. The number of rotatable bonds is 8. The van der Waals surface area contributed by atoms with Gasteiger partial charge in [0.1, 0.15) is 0 Å². The van der Waals surface area contributed by atoms with E-state index in [1.165, 1.54) is 25.8 Å². The smallest absolute Gasteiger partial charge is 0.0597 e. The highest BCUT2D eigenvalue weighted by atomic mass is 16.3. The van der Waals surface area contributed by atoms with E-state index in [-0.39, 0.29) is 12.6 Å². The largest absolute Gasteiger partial charge is 0.395 e. The van der Waals surface area contributed by atoms with Gasteiger partial charge in [-0.2, -0.15) is 0 Å². The van der Waals surface area contributed by atoms with Crippen molar-refractivity contribution in [1.82, 2.24) is 10.2 Å². The van der Waals surface area contributed by atoms with Gasteiger partial charge in [0.05, 0.1) is 6.61 Å². The van der Waals surface area contributed by atoms with Crippen molar-refractivity contribution in [2.45, 2.75) is 32.2 Å². The van der Waals surface area contributed by atoms with Crippen LogP contribution in [0.2, 0.25) is 0 Å². The second-order valence-corrected chi connectivity index (χ2v) is 4.37. The highest BCUT2D eigenvalue weighted by Crippen LogP contribution is 2.29. The first-order chi connectivity index (χ1) is 6.80. The number of nitrogens with one attached hydrogen (secondary N) is 1. The van der Waals surface area contributed by atoms with Crippen molar-refractivity contribution in [3.05, 3.63) is 0 Å². The highest BCUT2D eigenvalue weighted by molar-refractivity contribution is 4.79. The lowest BCUT2D eigenvalue weighted by Crippen LogP contribution is -2.42. The normalized spacial score (nSPS) is 18.9. The van der Waals surface area contributed by atoms with Crippen LogP contribution >= 0.6 is 0 Å². The monoisotopic (exact) mass is 200 g/mol. The van der Waals surface area contributed by atoms with Gasteiger partial charge in [0.15, 0.2) is 0 Å². The molecule has 0 aromatic rings. The molecule has 2 N–H and O–H groups in total. The van der Waals surface area contributed by atoms with Crippen molar-refractivity contribution >= 4 is 0 Å².